The Morgan fingerprint density at radius 2 is 1.67 bits per heavy atom. The van der Waals surface area contributed by atoms with E-state index in [1.165, 1.54) is 0 Å². The number of hydrogen-bond donors (Lipinski definition) is 2. The van der Waals surface area contributed by atoms with Gasteiger partial charge in [0, 0.05) is 28.7 Å². The Morgan fingerprint density at radius 1 is 1.03 bits per heavy atom. The molecule has 0 radical (unpaired) electrons. The Bertz CT molecular complexity index is 1080. The number of carboxylic acid groups (broad SMARTS) is 1. The van der Waals surface area contributed by atoms with Gasteiger partial charge in [0.05, 0.1) is 17.1 Å². The molecule has 0 bridgehead atoms. The van der Waals surface area contributed by atoms with Crippen LogP contribution in [0.25, 0.3) is 0 Å². The minimum atomic E-state index is -1.15. The number of halogens is 2. The minimum Gasteiger partial charge on any atom is -0.490 e. The third-order valence-electron chi connectivity index (χ3n) is 5.31. The lowest BCUT2D eigenvalue weighted by Crippen LogP contribution is -2.34. The summed E-state index contributed by atoms with van der Waals surface area (Å²) in [5.41, 5.74) is 1.67. The fraction of sp³-hybridized carbons (Fsp3) is 0.280. The molecule has 6 nitrogen and oxygen atoms in total. The Morgan fingerprint density at radius 3 is 2.30 bits per heavy atom. The van der Waals surface area contributed by atoms with E-state index >= 15 is 0 Å². The molecular weight excluding hydrogens is 465 g/mol. The molecule has 1 aliphatic rings. The largest absolute Gasteiger partial charge is 0.490 e. The normalized spacial score (nSPS) is 16.8. The van der Waals surface area contributed by atoms with Crippen molar-refractivity contribution in [2.75, 3.05) is 12.5 Å². The fourth-order valence-corrected chi connectivity index (χ4v) is 4.28. The fourth-order valence-electron chi connectivity index (χ4n) is 3.79. The maximum absolute atomic E-state index is 13.4. The van der Waals surface area contributed by atoms with Crippen LogP contribution < -0.4 is 10.1 Å². The first kappa shape index (κ1) is 24.7. The summed E-state index contributed by atoms with van der Waals surface area (Å²) in [5.74, 6) is -1.78. The SMILES string of the molecule is CC1=C(C(=O)O)C(c2ccccc2Cl)C(C(=O)OC(CCCl)COc2ccccc2)=C(C)N1. The van der Waals surface area contributed by atoms with E-state index in [1.807, 2.05) is 18.2 Å². The van der Waals surface area contributed by atoms with Gasteiger partial charge in [-0.1, -0.05) is 48.0 Å². The first-order valence-corrected chi connectivity index (χ1v) is 11.4. The van der Waals surface area contributed by atoms with Gasteiger partial charge in [0.25, 0.3) is 0 Å². The number of hydrogen-bond acceptors (Lipinski definition) is 5. The van der Waals surface area contributed by atoms with Crippen molar-refractivity contribution in [2.45, 2.75) is 32.3 Å². The van der Waals surface area contributed by atoms with Crippen molar-refractivity contribution >= 4 is 35.1 Å². The molecule has 0 saturated heterocycles. The van der Waals surface area contributed by atoms with Crippen molar-refractivity contribution in [1.29, 1.82) is 0 Å². The van der Waals surface area contributed by atoms with Crippen molar-refractivity contribution < 1.29 is 24.2 Å². The van der Waals surface area contributed by atoms with Gasteiger partial charge in [-0.05, 0) is 37.6 Å². The van der Waals surface area contributed by atoms with E-state index < -0.39 is 24.0 Å². The van der Waals surface area contributed by atoms with E-state index in [9.17, 15) is 14.7 Å². The lowest BCUT2D eigenvalue weighted by molar-refractivity contribution is -0.146. The predicted octanol–water partition coefficient (Wildman–Crippen LogP) is 5.28. The first-order valence-electron chi connectivity index (χ1n) is 10.4. The number of esters is 1. The molecule has 1 aliphatic heterocycles. The third-order valence-corrected chi connectivity index (χ3v) is 5.87. The van der Waals surface area contributed by atoms with Gasteiger partial charge in [-0.2, -0.15) is 0 Å². The Balaban J connectivity index is 1.91. The van der Waals surface area contributed by atoms with Crippen molar-refractivity contribution in [1.82, 2.24) is 5.32 Å². The molecule has 0 saturated carbocycles. The minimum absolute atomic E-state index is 0.0371. The molecule has 0 aromatic heterocycles. The second kappa shape index (κ2) is 11.3. The Hall–Kier alpha value is -2.96. The summed E-state index contributed by atoms with van der Waals surface area (Å²) in [6.45, 7) is 3.47. The number of aliphatic carboxylic acids is 1. The Labute approximate surface area is 202 Å². The lowest BCUT2D eigenvalue weighted by Gasteiger charge is -2.31. The van der Waals surface area contributed by atoms with Crippen molar-refractivity contribution in [3.8, 4) is 5.75 Å². The summed E-state index contributed by atoms with van der Waals surface area (Å²) in [6.07, 6.45) is -0.250. The zero-order chi connectivity index (χ0) is 24.0. The van der Waals surface area contributed by atoms with Crippen LogP contribution in [0.2, 0.25) is 5.02 Å². The second-order valence-corrected chi connectivity index (χ2v) is 8.38. The van der Waals surface area contributed by atoms with Crippen LogP contribution in [0.15, 0.2) is 77.1 Å². The van der Waals surface area contributed by atoms with Crippen LogP contribution in [0.5, 0.6) is 5.75 Å². The number of dihydropyridines is 1. The number of allylic oxidation sites excluding steroid dienone is 2. The van der Waals surface area contributed by atoms with Gasteiger partial charge < -0.3 is 19.9 Å². The van der Waals surface area contributed by atoms with Crippen LogP contribution in [0, 0.1) is 0 Å². The zero-order valence-electron chi connectivity index (χ0n) is 18.3. The molecule has 33 heavy (non-hydrogen) atoms. The molecule has 2 N–H and O–H groups in total. The van der Waals surface area contributed by atoms with Gasteiger partial charge in [0.15, 0.2) is 0 Å². The van der Waals surface area contributed by atoms with Gasteiger partial charge in [-0.25, -0.2) is 9.59 Å². The summed E-state index contributed by atoms with van der Waals surface area (Å²) in [7, 11) is 0. The van der Waals surface area contributed by atoms with Gasteiger partial charge in [0.2, 0.25) is 0 Å². The van der Waals surface area contributed by atoms with Crippen LogP contribution in [0.3, 0.4) is 0 Å². The van der Waals surface area contributed by atoms with E-state index in [0.29, 0.717) is 34.2 Å². The number of para-hydroxylation sites is 1. The molecule has 0 amide bonds. The van der Waals surface area contributed by atoms with Crippen LogP contribution in [0.1, 0.15) is 31.7 Å². The Kier molecular flexibility index (Phi) is 8.42. The van der Waals surface area contributed by atoms with E-state index in [1.54, 1.807) is 50.2 Å². The van der Waals surface area contributed by atoms with Gasteiger partial charge in [0.1, 0.15) is 18.5 Å². The van der Waals surface area contributed by atoms with E-state index in [-0.39, 0.29) is 23.6 Å². The van der Waals surface area contributed by atoms with Crippen molar-refractivity contribution in [2.24, 2.45) is 0 Å². The van der Waals surface area contributed by atoms with Gasteiger partial charge in [-0.15, -0.1) is 11.6 Å². The van der Waals surface area contributed by atoms with Crippen LogP contribution in [-0.4, -0.2) is 35.6 Å². The van der Waals surface area contributed by atoms with E-state index in [2.05, 4.69) is 5.32 Å². The van der Waals surface area contributed by atoms with Crippen LogP contribution >= 0.6 is 23.2 Å². The third kappa shape index (κ3) is 5.89. The highest BCUT2D eigenvalue weighted by Crippen LogP contribution is 2.41. The molecule has 8 heteroatoms. The number of benzene rings is 2. The number of nitrogens with one attached hydrogen (secondary N) is 1. The molecule has 0 aliphatic carbocycles. The topological polar surface area (TPSA) is 84.9 Å². The molecule has 2 aromatic rings. The molecule has 1 heterocycles. The second-order valence-electron chi connectivity index (χ2n) is 7.59. The molecule has 2 aromatic carbocycles. The molecule has 2 unspecified atom stereocenters. The standard InChI is InChI=1S/C25H25Cl2NO5/c1-15-21(24(29)30)23(19-10-6-7-11-20(19)27)22(16(2)28-15)25(31)33-18(12-13-26)14-32-17-8-4-3-5-9-17/h3-11,18,23,28H,12-14H2,1-2H3,(H,29,30). The van der Waals surface area contributed by atoms with E-state index in [0.717, 1.165) is 0 Å². The average molecular weight is 490 g/mol. The van der Waals surface area contributed by atoms with Crippen molar-refractivity contribution in [3.63, 3.8) is 0 Å². The first-order chi connectivity index (χ1) is 15.8. The lowest BCUT2D eigenvalue weighted by atomic mass is 9.80. The molecular formula is C25H25Cl2NO5. The average Bonchev–Trinajstić information content (AvgIpc) is 2.77. The monoisotopic (exact) mass is 489 g/mol. The summed E-state index contributed by atoms with van der Waals surface area (Å²) in [4.78, 5) is 25.6. The predicted molar refractivity (Wildman–Crippen MR) is 128 cm³/mol. The highest BCUT2D eigenvalue weighted by molar-refractivity contribution is 6.31. The van der Waals surface area contributed by atoms with Crippen LogP contribution in [0.4, 0.5) is 0 Å². The smallest absolute Gasteiger partial charge is 0.337 e. The quantitative estimate of drug-likeness (QED) is 0.368. The number of carbonyl (C=O) groups is 2. The molecule has 2 atom stereocenters. The maximum Gasteiger partial charge on any atom is 0.337 e. The number of alkyl halides is 1. The summed E-state index contributed by atoms with van der Waals surface area (Å²) < 4.78 is 11.5. The summed E-state index contributed by atoms with van der Waals surface area (Å²) in [6, 6.07) is 16.0. The summed E-state index contributed by atoms with van der Waals surface area (Å²) in [5, 5.41) is 13.3. The molecule has 0 spiro atoms. The number of rotatable bonds is 9. The number of carbonyl (C=O) groups excluding carboxylic acids is 1. The molecule has 3 rings (SSSR count). The highest BCUT2D eigenvalue weighted by Gasteiger charge is 2.38. The molecule has 0 fully saturated rings. The number of ether oxygens (including phenoxy) is 2. The van der Waals surface area contributed by atoms with Crippen LogP contribution in [-0.2, 0) is 14.3 Å². The maximum atomic E-state index is 13.4. The molecule has 174 valence electrons. The number of carboxylic acids is 1. The zero-order valence-corrected chi connectivity index (χ0v) is 19.8. The van der Waals surface area contributed by atoms with Crippen molar-refractivity contribution in [3.05, 3.63) is 87.7 Å². The highest BCUT2D eigenvalue weighted by atomic mass is 35.5. The summed E-state index contributed by atoms with van der Waals surface area (Å²) >= 11 is 12.3. The van der Waals surface area contributed by atoms with E-state index in [4.69, 9.17) is 32.7 Å². The van der Waals surface area contributed by atoms with Gasteiger partial charge >= 0.3 is 11.9 Å². The van der Waals surface area contributed by atoms with Gasteiger partial charge in [-0.3, -0.25) is 0 Å².